The number of aryl methyl sites for hydroxylation is 1. The lowest BCUT2D eigenvalue weighted by Gasteiger charge is -2.03. The van der Waals surface area contributed by atoms with Crippen LogP contribution in [0.5, 0.6) is 0 Å². The van der Waals surface area contributed by atoms with Crippen molar-refractivity contribution in [1.29, 1.82) is 0 Å². The molecule has 0 bridgehead atoms. The highest BCUT2D eigenvalue weighted by molar-refractivity contribution is 5.57. The minimum absolute atomic E-state index is 0.115. The van der Waals surface area contributed by atoms with Crippen LogP contribution in [0.25, 0.3) is 0 Å². The molecular formula is C9H10N2O4. The number of nitro groups is 2. The summed E-state index contributed by atoms with van der Waals surface area (Å²) >= 11 is 0. The molecule has 0 heterocycles. The molecule has 6 heteroatoms. The largest absolute Gasteiger partial charge is 0.282 e. The number of hydrogen-bond acceptors (Lipinski definition) is 4. The molecule has 0 amide bonds. The van der Waals surface area contributed by atoms with Crippen LogP contribution in [0.4, 0.5) is 11.4 Å². The second-order valence-electron chi connectivity index (χ2n) is 3.09. The van der Waals surface area contributed by atoms with Crippen molar-refractivity contribution in [2.75, 3.05) is 0 Å². The lowest BCUT2D eigenvalue weighted by molar-refractivity contribution is -0.395. The average Bonchev–Trinajstić information content (AvgIpc) is 2.15. The van der Waals surface area contributed by atoms with Gasteiger partial charge in [0.2, 0.25) is 0 Å². The predicted molar refractivity (Wildman–Crippen MR) is 53.9 cm³/mol. The van der Waals surface area contributed by atoms with Gasteiger partial charge in [0.05, 0.1) is 9.85 Å². The maximum Gasteiger partial charge on any atom is 0.282 e. The number of nitrogens with zero attached hydrogens (tertiary/aromatic N) is 2. The standard InChI is InChI=1S/C9H10N2O4/c1-3-7-4-5-8(10(12)13)6(2)9(7)11(14)15/h4-5H,3H2,1-2H3. The normalized spacial score (nSPS) is 10.0. The van der Waals surface area contributed by atoms with E-state index in [0.717, 1.165) is 0 Å². The zero-order valence-electron chi connectivity index (χ0n) is 8.39. The van der Waals surface area contributed by atoms with Gasteiger partial charge in [-0.3, -0.25) is 20.2 Å². The van der Waals surface area contributed by atoms with E-state index in [1.165, 1.54) is 19.1 Å². The van der Waals surface area contributed by atoms with Crippen molar-refractivity contribution in [3.05, 3.63) is 43.5 Å². The monoisotopic (exact) mass is 210 g/mol. The molecule has 0 aliphatic heterocycles. The number of hydrogen-bond donors (Lipinski definition) is 0. The van der Waals surface area contributed by atoms with Gasteiger partial charge in [0.15, 0.2) is 0 Å². The highest BCUT2D eigenvalue weighted by Crippen LogP contribution is 2.31. The smallest absolute Gasteiger partial charge is 0.258 e. The quantitative estimate of drug-likeness (QED) is 0.566. The molecule has 0 aliphatic carbocycles. The van der Waals surface area contributed by atoms with Gasteiger partial charge in [-0.1, -0.05) is 6.92 Å². The third-order valence-electron chi connectivity index (χ3n) is 2.25. The molecule has 0 N–H and O–H groups in total. The van der Waals surface area contributed by atoms with Crippen LogP contribution < -0.4 is 0 Å². The van der Waals surface area contributed by atoms with Crippen LogP contribution in [-0.2, 0) is 6.42 Å². The third kappa shape index (κ3) is 1.93. The van der Waals surface area contributed by atoms with Crippen LogP contribution in [-0.4, -0.2) is 9.85 Å². The molecule has 0 aliphatic rings. The Morgan fingerprint density at radius 2 is 1.80 bits per heavy atom. The molecule has 0 atom stereocenters. The molecule has 1 rings (SSSR count). The molecule has 1 aromatic rings. The topological polar surface area (TPSA) is 86.3 Å². The summed E-state index contributed by atoms with van der Waals surface area (Å²) in [4.78, 5) is 20.2. The van der Waals surface area contributed by atoms with Gasteiger partial charge >= 0.3 is 0 Å². The van der Waals surface area contributed by atoms with Crippen LogP contribution in [0.1, 0.15) is 18.1 Å². The van der Waals surface area contributed by atoms with E-state index in [4.69, 9.17) is 0 Å². The van der Waals surface area contributed by atoms with E-state index < -0.39 is 9.85 Å². The Labute approximate surface area is 85.8 Å². The number of rotatable bonds is 3. The van der Waals surface area contributed by atoms with Crippen molar-refractivity contribution in [3.8, 4) is 0 Å². The van der Waals surface area contributed by atoms with Gasteiger partial charge in [-0.25, -0.2) is 0 Å². The first-order valence-electron chi connectivity index (χ1n) is 4.40. The summed E-state index contributed by atoms with van der Waals surface area (Å²) in [7, 11) is 0. The molecular weight excluding hydrogens is 200 g/mol. The predicted octanol–water partition coefficient (Wildman–Crippen LogP) is 2.37. The van der Waals surface area contributed by atoms with Gasteiger partial charge in [0.1, 0.15) is 5.56 Å². The number of nitro benzene ring substituents is 2. The molecule has 0 radical (unpaired) electrons. The van der Waals surface area contributed by atoms with E-state index in [2.05, 4.69) is 0 Å². The molecule has 0 unspecified atom stereocenters. The van der Waals surface area contributed by atoms with Gasteiger partial charge in [0, 0.05) is 11.6 Å². The second kappa shape index (κ2) is 4.04. The maximum absolute atomic E-state index is 10.8. The van der Waals surface area contributed by atoms with Crippen LogP contribution in [0.2, 0.25) is 0 Å². The first kappa shape index (κ1) is 11.1. The highest BCUT2D eigenvalue weighted by atomic mass is 16.6. The van der Waals surface area contributed by atoms with Crippen molar-refractivity contribution < 1.29 is 9.85 Å². The zero-order chi connectivity index (χ0) is 11.6. The van der Waals surface area contributed by atoms with Crippen molar-refractivity contribution >= 4 is 11.4 Å². The molecule has 0 aromatic heterocycles. The Kier molecular flexibility index (Phi) is 2.99. The summed E-state index contributed by atoms with van der Waals surface area (Å²) in [6.45, 7) is 3.17. The van der Waals surface area contributed by atoms with Crippen LogP contribution >= 0.6 is 0 Å². The Bertz CT molecular complexity index is 428. The second-order valence-corrected chi connectivity index (χ2v) is 3.09. The molecule has 6 nitrogen and oxygen atoms in total. The van der Waals surface area contributed by atoms with Crippen molar-refractivity contribution in [1.82, 2.24) is 0 Å². The lowest BCUT2D eigenvalue weighted by atomic mass is 10.0. The van der Waals surface area contributed by atoms with Crippen molar-refractivity contribution in [2.24, 2.45) is 0 Å². The van der Waals surface area contributed by atoms with Gasteiger partial charge in [-0.05, 0) is 19.4 Å². The van der Waals surface area contributed by atoms with E-state index in [1.807, 2.05) is 0 Å². The van der Waals surface area contributed by atoms with E-state index >= 15 is 0 Å². The van der Waals surface area contributed by atoms with E-state index in [0.29, 0.717) is 12.0 Å². The van der Waals surface area contributed by atoms with Gasteiger partial charge in [-0.2, -0.15) is 0 Å². The van der Waals surface area contributed by atoms with E-state index in [9.17, 15) is 20.2 Å². The fourth-order valence-corrected chi connectivity index (χ4v) is 1.48. The third-order valence-corrected chi connectivity index (χ3v) is 2.25. The summed E-state index contributed by atoms with van der Waals surface area (Å²) in [6, 6.07) is 2.74. The Morgan fingerprint density at radius 1 is 1.20 bits per heavy atom. The first-order valence-corrected chi connectivity index (χ1v) is 4.40. The van der Waals surface area contributed by atoms with Crippen LogP contribution in [0.15, 0.2) is 12.1 Å². The Morgan fingerprint density at radius 3 is 2.20 bits per heavy atom. The fraction of sp³-hybridized carbons (Fsp3) is 0.333. The summed E-state index contributed by atoms with van der Waals surface area (Å²) in [6.07, 6.45) is 0.481. The van der Waals surface area contributed by atoms with Crippen molar-refractivity contribution in [2.45, 2.75) is 20.3 Å². The molecule has 0 spiro atoms. The van der Waals surface area contributed by atoms with E-state index in [1.54, 1.807) is 6.92 Å². The minimum atomic E-state index is -0.609. The molecule has 15 heavy (non-hydrogen) atoms. The Hall–Kier alpha value is -1.98. The minimum Gasteiger partial charge on any atom is -0.258 e. The molecule has 0 saturated carbocycles. The first-order chi connectivity index (χ1) is 6.99. The van der Waals surface area contributed by atoms with Crippen LogP contribution in [0, 0.1) is 27.2 Å². The fourth-order valence-electron chi connectivity index (χ4n) is 1.48. The molecule has 80 valence electrons. The van der Waals surface area contributed by atoms with Gasteiger partial charge in [-0.15, -0.1) is 0 Å². The van der Waals surface area contributed by atoms with E-state index in [-0.39, 0.29) is 16.9 Å². The SMILES string of the molecule is CCc1ccc([N+](=O)[O-])c(C)c1[N+](=O)[O-]. The summed E-state index contributed by atoms with van der Waals surface area (Å²) in [5.41, 5.74) is 0.276. The summed E-state index contributed by atoms with van der Waals surface area (Å²) in [5.74, 6) is 0. The van der Waals surface area contributed by atoms with Gasteiger partial charge < -0.3 is 0 Å². The van der Waals surface area contributed by atoms with Crippen LogP contribution in [0.3, 0.4) is 0 Å². The van der Waals surface area contributed by atoms with Gasteiger partial charge in [0.25, 0.3) is 11.4 Å². The average molecular weight is 210 g/mol. The molecule has 0 saturated heterocycles. The maximum atomic E-state index is 10.8. The summed E-state index contributed by atoms with van der Waals surface area (Å²) in [5, 5.41) is 21.3. The molecule has 0 fully saturated rings. The number of benzene rings is 1. The zero-order valence-corrected chi connectivity index (χ0v) is 8.39. The summed E-state index contributed by atoms with van der Waals surface area (Å²) < 4.78 is 0. The molecule has 1 aromatic carbocycles. The lowest BCUT2D eigenvalue weighted by Crippen LogP contribution is -2.01. The Balaban J connectivity index is 3.49. The van der Waals surface area contributed by atoms with Crippen molar-refractivity contribution in [3.63, 3.8) is 0 Å². The highest BCUT2D eigenvalue weighted by Gasteiger charge is 2.24.